The van der Waals surface area contributed by atoms with Gasteiger partial charge in [0.2, 0.25) is 0 Å². The van der Waals surface area contributed by atoms with E-state index in [4.69, 9.17) is 10.5 Å². The average Bonchev–Trinajstić information content (AvgIpc) is 2.39. The zero-order chi connectivity index (χ0) is 15.0. The predicted octanol–water partition coefficient (Wildman–Crippen LogP) is 1.66. The van der Waals surface area contributed by atoms with Gasteiger partial charge in [0.05, 0.1) is 18.0 Å². The number of hydrogen-bond donors (Lipinski definition) is 3. The lowest BCUT2D eigenvalue weighted by Gasteiger charge is -2.12. The van der Waals surface area contributed by atoms with E-state index in [9.17, 15) is 8.42 Å². The first-order valence-corrected chi connectivity index (χ1v) is 8.74. The van der Waals surface area contributed by atoms with Crippen LogP contribution in [0.4, 0.5) is 11.4 Å². The molecule has 0 bridgehead atoms. The van der Waals surface area contributed by atoms with E-state index in [2.05, 4.69) is 16.4 Å². The highest BCUT2D eigenvalue weighted by molar-refractivity contribution is 7.99. The molecule has 8 heteroatoms. The summed E-state index contributed by atoms with van der Waals surface area (Å²) in [6.45, 7) is 2.60. The molecule has 0 aliphatic carbocycles. The Labute approximate surface area is 124 Å². The molecule has 0 saturated carbocycles. The summed E-state index contributed by atoms with van der Waals surface area (Å²) < 4.78 is 33.2. The SMILES string of the molecule is CCCSc1ccc(N)c(NS(=O)(=O)NCCOC)c1. The first-order valence-electron chi connectivity index (χ1n) is 6.27. The van der Waals surface area contributed by atoms with E-state index >= 15 is 0 Å². The molecule has 1 aromatic carbocycles. The molecule has 0 heterocycles. The van der Waals surface area contributed by atoms with Crippen LogP contribution in [0.15, 0.2) is 23.1 Å². The summed E-state index contributed by atoms with van der Waals surface area (Å²) in [6, 6.07) is 5.32. The predicted molar refractivity (Wildman–Crippen MR) is 84.3 cm³/mol. The summed E-state index contributed by atoms with van der Waals surface area (Å²) in [6.07, 6.45) is 1.05. The highest BCUT2D eigenvalue weighted by atomic mass is 32.2. The number of nitrogens with one attached hydrogen (secondary N) is 2. The molecule has 0 saturated heterocycles. The Morgan fingerprint density at radius 1 is 1.40 bits per heavy atom. The number of ether oxygens (including phenoxy) is 1. The lowest BCUT2D eigenvalue weighted by Crippen LogP contribution is -2.32. The van der Waals surface area contributed by atoms with Crippen molar-refractivity contribution in [3.8, 4) is 0 Å². The summed E-state index contributed by atoms with van der Waals surface area (Å²) in [7, 11) is -2.13. The first-order chi connectivity index (χ1) is 9.48. The molecule has 0 atom stereocenters. The standard InChI is InChI=1S/C12H21N3O3S2/c1-3-8-19-10-4-5-11(13)12(9-10)15-20(16,17)14-6-7-18-2/h4-5,9,14-15H,3,6-8,13H2,1-2H3. The van der Waals surface area contributed by atoms with Gasteiger partial charge in [-0.25, -0.2) is 0 Å². The summed E-state index contributed by atoms with van der Waals surface area (Å²) in [5.74, 6) is 0.974. The Morgan fingerprint density at radius 2 is 2.15 bits per heavy atom. The van der Waals surface area contributed by atoms with Gasteiger partial charge in [-0.05, 0) is 30.4 Å². The van der Waals surface area contributed by atoms with Crippen LogP contribution in [0.2, 0.25) is 0 Å². The van der Waals surface area contributed by atoms with Crippen molar-refractivity contribution in [2.75, 3.05) is 36.5 Å². The molecule has 0 amide bonds. The van der Waals surface area contributed by atoms with Gasteiger partial charge >= 0.3 is 0 Å². The highest BCUT2D eigenvalue weighted by Gasteiger charge is 2.11. The molecule has 20 heavy (non-hydrogen) atoms. The van der Waals surface area contributed by atoms with Crippen molar-refractivity contribution in [2.24, 2.45) is 0 Å². The molecule has 0 spiro atoms. The van der Waals surface area contributed by atoms with Gasteiger partial charge in [0.15, 0.2) is 0 Å². The number of methoxy groups -OCH3 is 1. The van der Waals surface area contributed by atoms with E-state index in [0.29, 0.717) is 18.0 Å². The minimum absolute atomic E-state index is 0.204. The molecule has 1 rings (SSSR count). The summed E-state index contributed by atoms with van der Waals surface area (Å²) >= 11 is 1.66. The lowest BCUT2D eigenvalue weighted by atomic mass is 10.3. The topological polar surface area (TPSA) is 93.5 Å². The largest absolute Gasteiger partial charge is 0.397 e. The van der Waals surface area contributed by atoms with Gasteiger partial charge in [0.1, 0.15) is 0 Å². The maximum Gasteiger partial charge on any atom is 0.299 e. The van der Waals surface area contributed by atoms with Gasteiger partial charge in [-0.2, -0.15) is 13.1 Å². The zero-order valence-corrected chi connectivity index (χ0v) is 13.3. The van der Waals surface area contributed by atoms with Crippen LogP contribution in [0, 0.1) is 0 Å². The van der Waals surface area contributed by atoms with Crippen LogP contribution in [0.3, 0.4) is 0 Å². The number of hydrogen-bond acceptors (Lipinski definition) is 5. The van der Waals surface area contributed by atoms with Crippen molar-refractivity contribution in [1.29, 1.82) is 0 Å². The second-order valence-corrected chi connectivity index (χ2v) is 6.76. The molecule has 0 aliphatic rings. The second-order valence-electron chi connectivity index (χ2n) is 4.09. The smallest absolute Gasteiger partial charge is 0.299 e. The van der Waals surface area contributed by atoms with E-state index < -0.39 is 10.2 Å². The van der Waals surface area contributed by atoms with Crippen LogP contribution in [-0.4, -0.2) is 34.4 Å². The monoisotopic (exact) mass is 319 g/mol. The van der Waals surface area contributed by atoms with E-state index in [0.717, 1.165) is 17.1 Å². The number of nitrogen functional groups attached to an aromatic ring is 1. The first kappa shape index (κ1) is 17.1. The van der Waals surface area contributed by atoms with Gasteiger partial charge in [0.25, 0.3) is 10.2 Å². The molecule has 0 fully saturated rings. The number of anilines is 2. The van der Waals surface area contributed by atoms with Gasteiger partial charge in [0, 0.05) is 18.6 Å². The fourth-order valence-corrected chi connectivity index (χ4v) is 3.09. The van der Waals surface area contributed by atoms with E-state index in [1.807, 2.05) is 6.07 Å². The normalized spacial score (nSPS) is 11.5. The van der Waals surface area contributed by atoms with Crippen molar-refractivity contribution in [3.63, 3.8) is 0 Å². The number of rotatable bonds is 9. The van der Waals surface area contributed by atoms with E-state index in [1.165, 1.54) is 7.11 Å². The molecule has 0 radical (unpaired) electrons. The Hall–Kier alpha value is -0.960. The zero-order valence-electron chi connectivity index (χ0n) is 11.7. The van der Waals surface area contributed by atoms with Crippen LogP contribution >= 0.6 is 11.8 Å². The van der Waals surface area contributed by atoms with Gasteiger partial charge in [-0.3, -0.25) is 4.72 Å². The molecular formula is C12H21N3O3S2. The summed E-state index contributed by atoms with van der Waals surface area (Å²) in [4.78, 5) is 0.982. The fourth-order valence-electron chi connectivity index (χ4n) is 1.39. The second kappa shape index (κ2) is 8.35. The van der Waals surface area contributed by atoms with Crippen molar-refractivity contribution < 1.29 is 13.2 Å². The third kappa shape index (κ3) is 6.00. The van der Waals surface area contributed by atoms with Crippen molar-refractivity contribution in [1.82, 2.24) is 4.72 Å². The fraction of sp³-hybridized carbons (Fsp3) is 0.500. The van der Waals surface area contributed by atoms with Gasteiger partial charge < -0.3 is 10.5 Å². The molecular weight excluding hydrogens is 298 g/mol. The molecule has 0 aliphatic heterocycles. The summed E-state index contributed by atoms with van der Waals surface area (Å²) in [5, 5.41) is 0. The maximum atomic E-state index is 11.8. The highest BCUT2D eigenvalue weighted by Crippen LogP contribution is 2.27. The maximum absolute atomic E-state index is 11.8. The molecule has 4 N–H and O–H groups in total. The summed E-state index contributed by atoms with van der Waals surface area (Å²) in [5.41, 5.74) is 6.57. The van der Waals surface area contributed by atoms with Crippen LogP contribution < -0.4 is 15.2 Å². The Morgan fingerprint density at radius 3 is 2.80 bits per heavy atom. The number of nitrogens with two attached hydrogens (primary N) is 1. The van der Waals surface area contributed by atoms with Crippen LogP contribution in [0.1, 0.15) is 13.3 Å². The van der Waals surface area contributed by atoms with E-state index in [1.54, 1.807) is 23.9 Å². The molecule has 6 nitrogen and oxygen atoms in total. The Balaban J connectivity index is 2.74. The number of thioether (sulfide) groups is 1. The average molecular weight is 319 g/mol. The minimum Gasteiger partial charge on any atom is -0.397 e. The molecule has 1 aromatic rings. The third-order valence-electron chi connectivity index (χ3n) is 2.34. The van der Waals surface area contributed by atoms with Crippen molar-refractivity contribution in [2.45, 2.75) is 18.2 Å². The molecule has 0 unspecified atom stereocenters. The number of benzene rings is 1. The van der Waals surface area contributed by atoms with Crippen molar-refractivity contribution >= 4 is 33.3 Å². The third-order valence-corrected chi connectivity index (χ3v) is 4.61. The lowest BCUT2D eigenvalue weighted by molar-refractivity contribution is 0.204. The Kier molecular flexibility index (Phi) is 7.14. The van der Waals surface area contributed by atoms with Crippen LogP contribution in [0.5, 0.6) is 0 Å². The molecule has 0 aromatic heterocycles. The van der Waals surface area contributed by atoms with Gasteiger partial charge in [-0.15, -0.1) is 11.8 Å². The van der Waals surface area contributed by atoms with Crippen LogP contribution in [-0.2, 0) is 14.9 Å². The Bertz CT molecular complexity index is 521. The van der Waals surface area contributed by atoms with E-state index in [-0.39, 0.29) is 6.54 Å². The molecule has 114 valence electrons. The van der Waals surface area contributed by atoms with Gasteiger partial charge in [-0.1, -0.05) is 6.92 Å². The van der Waals surface area contributed by atoms with Crippen LogP contribution in [0.25, 0.3) is 0 Å². The minimum atomic E-state index is -3.64. The van der Waals surface area contributed by atoms with Crippen molar-refractivity contribution in [3.05, 3.63) is 18.2 Å². The quantitative estimate of drug-likeness (QED) is 0.366.